The van der Waals surface area contributed by atoms with Crippen LogP contribution in [0.5, 0.6) is 0 Å². The molecule has 2 aliphatic rings. The Morgan fingerprint density at radius 3 is 2.00 bits per heavy atom. The van der Waals surface area contributed by atoms with Gasteiger partial charge in [0.2, 0.25) is 5.91 Å². The molecule has 4 heteroatoms. The van der Waals surface area contributed by atoms with Crippen molar-refractivity contribution >= 4 is 11.9 Å². The normalized spacial score (nSPS) is 23.1. The van der Waals surface area contributed by atoms with Crippen LogP contribution in [0.2, 0.25) is 0 Å². The Labute approximate surface area is 115 Å². The molecule has 1 aliphatic heterocycles. The fourth-order valence-corrected chi connectivity index (χ4v) is 3.61. The molecular formula is C15H25NO3. The summed E-state index contributed by atoms with van der Waals surface area (Å²) in [5.41, 5.74) is -0.255. The highest BCUT2D eigenvalue weighted by Crippen LogP contribution is 2.44. The van der Waals surface area contributed by atoms with E-state index in [0.29, 0.717) is 6.42 Å². The summed E-state index contributed by atoms with van der Waals surface area (Å²) in [7, 11) is 0. The number of amides is 1. The standard InChI is InChI=1S/C15H25NO3/c17-13(16-9-5-1-2-6-10-16)11-15(12-14(18)19)7-3-4-8-15/h1-12H2,(H,18,19). The van der Waals surface area contributed by atoms with Gasteiger partial charge in [-0.2, -0.15) is 0 Å². The lowest BCUT2D eigenvalue weighted by Gasteiger charge is -2.30. The van der Waals surface area contributed by atoms with Crippen LogP contribution in [-0.2, 0) is 9.59 Å². The van der Waals surface area contributed by atoms with Gasteiger partial charge in [0.1, 0.15) is 0 Å². The first-order chi connectivity index (χ1) is 9.11. The van der Waals surface area contributed by atoms with Crippen LogP contribution in [0, 0.1) is 5.41 Å². The maximum Gasteiger partial charge on any atom is 0.303 e. The molecule has 1 saturated heterocycles. The molecule has 1 saturated carbocycles. The molecule has 0 aromatic rings. The Balaban J connectivity index is 1.96. The van der Waals surface area contributed by atoms with Crippen LogP contribution in [0.3, 0.4) is 0 Å². The maximum atomic E-state index is 12.4. The Morgan fingerprint density at radius 1 is 0.895 bits per heavy atom. The van der Waals surface area contributed by atoms with Crippen molar-refractivity contribution in [2.45, 2.75) is 64.2 Å². The first-order valence-corrected chi connectivity index (χ1v) is 7.61. The monoisotopic (exact) mass is 267 g/mol. The fourth-order valence-electron chi connectivity index (χ4n) is 3.61. The van der Waals surface area contributed by atoms with E-state index in [4.69, 9.17) is 5.11 Å². The molecule has 0 unspecified atom stereocenters. The van der Waals surface area contributed by atoms with Gasteiger partial charge in [0.25, 0.3) is 0 Å². The molecular weight excluding hydrogens is 242 g/mol. The van der Waals surface area contributed by atoms with E-state index < -0.39 is 5.97 Å². The molecule has 1 aliphatic carbocycles. The quantitative estimate of drug-likeness (QED) is 0.852. The van der Waals surface area contributed by atoms with E-state index >= 15 is 0 Å². The number of rotatable bonds is 4. The molecule has 4 nitrogen and oxygen atoms in total. The molecule has 2 rings (SSSR count). The SMILES string of the molecule is O=C(O)CC1(CC(=O)N2CCCCCC2)CCCC1. The Morgan fingerprint density at radius 2 is 1.47 bits per heavy atom. The van der Waals surface area contributed by atoms with Crippen LogP contribution >= 0.6 is 0 Å². The minimum Gasteiger partial charge on any atom is -0.481 e. The minimum absolute atomic E-state index is 0.159. The summed E-state index contributed by atoms with van der Waals surface area (Å²) in [5, 5.41) is 9.08. The van der Waals surface area contributed by atoms with Crippen molar-refractivity contribution in [3.63, 3.8) is 0 Å². The molecule has 0 aromatic heterocycles. The molecule has 2 fully saturated rings. The van der Waals surface area contributed by atoms with Crippen LogP contribution in [0.25, 0.3) is 0 Å². The Bertz CT molecular complexity index is 326. The van der Waals surface area contributed by atoms with E-state index in [1.54, 1.807) is 0 Å². The first-order valence-electron chi connectivity index (χ1n) is 7.61. The van der Waals surface area contributed by atoms with Crippen LogP contribution in [0.15, 0.2) is 0 Å². The lowest BCUT2D eigenvalue weighted by molar-refractivity contribution is -0.141. The van der Waals surface area contributed by atoms with E-state index in [-0.39, 0.29) is 17.7 Å². The van der Waals surface area contributed by atoms with E-state index in [2.05, 4.69) is 0 Å². The van der Waals surface area contributed by atoms with Crippen molar-refractivity contribution in [2.75, 3.05) is 13.1 Å². The summed E-state index contributed by atoms with van der Waals surface area (Å²) in [6.07, 6.45) is 9.16. The second kappa shape index (κ2) is 6.40. The van der Waals surface area contributed by atoms with Crippen LogP contribution < -0.4 is 0 Å². The zero-order valence-corrected chi connectivity index (χ0v) is 11.7. The summed E-state index contributed by atoms with van der Waals surface area (Å²) in [6.45, 7) is 1.73. The van der Waals surface area contributed by atoms with E-state index in [0.717, 1.165) is 51.6 Å². The lowest BCUT2D eigenvalue weighted by Crippen LogP contribution is -2.36. The summed E-state index contributed by atoms with van der Waals surface area (Å²) in [4.78, 5) is 25.4. The molecule has 1 N–H and O–H groups in total. The number of hydrogen-bond acceptors (Lipinski definition) is 2. The predicted octanol–water partition coefficient (Wildman–Crippen LogP) is 2.81. The largest absolute Gasteiger partial charge is 0.481 e. The number of likely N-dealkylation sites (tertiary alicyclic amines) is 1. The number of aliphatic carboxylic acids is 1. The van der Waals surface area contributed by atoms with Gasteiger partial charge in [-0.15, -0.1) is 0 Å². The van der Waals surface area contributed by atoms with Gasteiger partial charge in [-0.1, -0.05) is 25.7 Å². The van der Waals surface area contributed by atoms with Crippen LogP contribution in [0.4, 0.5) is 0 Å². The predicted molar refractivity (Wildman–Crippen MR) is 72.8 cm³/mol. The number of hydrogen-bond donors (Lipinski definition) is 1. The number of carboxylic acid groups (broad SMARTS) is 1. The molecule has 0 bridgehead atoms. The number of nitrogens with zero attached hydrogens (tertiary/aromatic N) is 1. The van der Waals surface area contributed by atoms with Crippen molar-refractivity contribution in [1.29, 1.82) is 0 Å². The first kappa shape index (κ1) is 14.4. The van der Waals surface area contributed by atoms with Gasteiger partial charge in [0.15, 0.2) is 0 Å². The molecule has 0 aromatic carbocycles. The molecule has 1 heterocycles. The van der Waals surface area contributed by atoms with Gasteiger partial charge < -0.3 is 10.0 Å². The summed E-state index contributed by atoms with van der Waals surface area (Å²) in [6, 6.07) is 0. The van der Waals surface area contributed by atoms with Crippen LogP contribution in [-0.4, -0.2) is 35.0 Å². The topological polar surface area (TPSA) is 57.6 Å². The number of carbonyl (C=O) groups is 2. The fraction of sp³-hybridized carbons (Fsp3) is 0.867. The maximum absolute atomic E-state index is 12.4. The molecule has 0 spiro atoms. The summed E-state index contributed by atoms with van der Waals surface area (Å²) in [5.74, 6) is -0.574. The van der Waals surface area contributed by atoms with Gasteiger partial charge in [-0.25, -0.2) is 0 Å². The third-order valence-electron chi connectivity index (χ3n) is 4.68. The highest BCUT2D eigenvalue weighted by atomic mass is 16.4. The third kappa shape index (κ3) is 3.95. The number of carboxylic acids is 1. The van der Waals surface area contributed by atoms with Crippen LogP contribution in [0.1, 0.15) is 64.2 Å². The Kier molecular flexibility index (Phi) is 4.83. The zero-order chi connectivity index (χ0) is 13.7. The van der Waals surface area contributed by atoms with Gasteiger partial charge in [-0.3, -0.25) is 9.59 Å². The second-order valence-electron chi connectivity index (χ2n) is 6.25. The van der Waals surface area contributed by atoms with Crippen molar-refractivity contribution in [3.05, 3.63) is 0 Å². The third-order valence-corrected chi connectivity index (χ3v) is 4.68. The van der Waals surface area contributed by atoms with E-state index in [1.807, 2.05) is 4.90 Å². The average Bonchev–Trinajstić information content (AvgIpc) is 2.65. The molecule has 0 atom stereocenters. The molecule has 0 radical (unpaired) electrons. The van der Waals surface area contributed by atoms with Gasteiger partial charge in [0, 0.05) is 19.5 Å². The minimum atomic E-state index is -0.759. The van der Waals surface area contributed by atoms with Crippen molar-refractivity contribution in [3.8, 4) is 0 Å². The van der Waals surface area contributed by atoms with Gasteiger partial charge in [0.05, 0.1) is 6.42 Å². The highest BCUT2D eigenvalue weighted by molar-refractivity contribution is 5.78. The molecule has 19 heavy (non-hydrogen) atoms. The molecule has 1 amide bonds. The summed E-state index contributed by atoms with van der Waals surface area (Å²) >= 11 is 0. The number of carbonyl (C=O) groups excluding carboxylic acids is 1. The smallest absolute Gasteiger partial charge is 0.303 e. The van der Waals surface area contributed by atoms with E-state index in [9.17, 15) is 9.59 Å². The lowest BCUT2D eigenvalue weighted by atomic mass is 9.79. The van der Waals surface area contributed by atoms with E-state index in [1.165, 1.54) is 12.8 Å². The zero-order valence-electron chi connectivity index (χ0n) is 11.7. The highest BCUT2D eigenvalue weighted by Gasteiger charge is 2.38. The molecule has 108 valence electrons. The second-order valence-corrected chi connectivity index (χ2v) is 6.25. The van der Waals surface area contributed by atoms with Crippen molar-refractivity contribution < 1.29 is 14.7 Å². The average molecular weight is 267 g/mol. The van der Waals surface area contributed by atoms with Gasteiger partial charge >= 0.3 is 5.97 Å². The van der Waals surface area contributed by atoms with Crippen molar-refractivity contribution in [1.82, 2.24) is 4.90 Å². The summed E-state index contributed by atoms with van der Waals surface area (Å²) < 4.78 is 0. The Hall–Kier alpha value is -1.06. The van der Waals surface area contributed by atoms with Gasteiger partial charge in [-0.05, 0) is 31.1 Å². The van der Waals surface area contributed by atoms with Crippen molar-refractivity contribution in [2.24, 2.45) is 5.41 Å².